The lowest BCUT2D eigenvalue weighted by atomic mass is 10.3. The van der Waals surface area contributed by atoms with E-state index in [0.29, 0.717) is 0 Å². The Morgan fingerprint density at radius 3 is 2.65 bits per heavy atom. The molecule has 0 aliphatic heterocycles. The maximum Gasteiger partial charge on any atom is 0.107 e. The van der Waals surface area contributed by atoms with Gasteiger partial charge in [0.05, 0.1) is 0 Å². The Balaban J connectivity index is 2.07. The third kappa shape index (κ3) is 3.73. The average molecular weight is 463 g/mol. The van der Waals surface area contributed by atoms with Gasteiger partial charge in [-0.05, 0) is 62.8 Å². The van der Waals surface area contributed by atoms with Crippen LogP contribution in [0.15, 0.2) is 28.7 Å². The molecule has 2 rings (SSSR count). The molecule has 1 nitrogen and oxygen atoms in total. The van der Waals surface area contributed by atoms with E-state index >= 15 is 0 Å². The van der Waals surface area contributed by atoms with Crippen LogP contribution in [0.1, 0.15) is 4.88 Å². The molecule has 17 heavy (non-hydrogen) atoms. The van der Waals surface area contributed by atoms with E-state index in [2.05, 4.69) is 43.8 Å². The summed E-state index contributed by atoms with van der Waals surface area (Å²) < 4.78 is 2.84. The number of nitrogens with one attached hydrogen (secondary N) is 1. The van der Waals surface area contributed by atoms with Gasteiger partial charge in [-0.3, -0.25) is 0 Å². The standard InChI is InChI=1S/C11H7BrCl2INS/c12-8-4-7(17-11(8)14)5-16-10-2-1-6(13)3-9(10)15/h1-4,16H,5H2. The van der Waals surface area contributed by atoms with Gasteiger partial charge in [0.2, 0.25) is 0 Å². The Morgan fingerprint density at radius 2 is 2.06 bits per heavy atom. The molecule has 1 aromatic carbocycles. The zero-order valence-corrected chi connectivity index (χ0v) is 14.5. The van der Waals surface area contributed by atoms with Crippen LogP contribution in [0, 0.1) is 3.57 Å². The van der Waals surface area contributed by atoms with Gasteiger partial charge in [-0.2, -0.15) is 0 Å². The molecule has 0 fully saturated rings. The second kappa shape index (κ2) is 6.10. The van der Waals surface area contributed by atoms with Crippen molar-refractivity contribution in [2.75, 3.05) is 5.32 Å². The van der Waals surface area contributed by atoms with Crippen LogP contribution < -0.4 is 5.32 Å². The van der Waals surface area contributed by atoms with Crippen molar-refractivity contribution < 1.29 is 0 Å². The lowest BCUT2D eigenvalue weighted by Gasteiger charge is -2.07. The van der Waals surface area contributed by atoms with E-state index in [0.717, 1.165) is 29.6 Å². The van der Waals surface area contributed by atoms with E-state index in [9.17, 15) is 0 Å². The summed E-state index contributed by atoms with van der Waals surface area (Å²) in [5, 5.41) is 4.11. The summed E-state index contributed by atoms with van der Waals surface area (Å²) in [7, 11) is 0. The summed E-state index contributed by atoms with van der Waals surface area (Å²) in [5.41, 5.74) is 1.08. The second-order valence-electron chi connectivity index (χ2n) is 3.31. The summed E-state index contributed by atoms with van der Waals surface area (Å²) in [6.07, 6.45) is 0. The van der Waals surface area contributed by atoms with Gasteiger partial charge in [0.1, 0.15) is 4.34 Å². The van der Waals surface area contributed by atoms with Crippen molar-refractivity contribution >= 4 is 78.7 Å². The van der Waals surface area contributed by atoms with Crippen LogP contribution in [0.2, 0.25) is 9.36 Å². The number of hydrogen-bond acceptors (Lipinski definition) is 2. The molecule has 1 heterocycles. The molecule has 0 radical (unpaired) electrons. The Morgan fingerprint density at radius 1 is 1.29 bits per heavy atom. The number of thiophene rings is 1. The van der Waals surface area contributed by atoms with Crippen LogP contribution in [0.4, 0.5) is 5.69 Å². The van der Waals surface area contributed by atoms with Crippen LogP contribution in [0.5, 0.6) is 0 Å². The van der Waals surface area contributed by atoms with Crippen LogP contribution in [0.25, 0.3) is 0 Å². The normalized spacial score (nSPS) is 10.6. The molecule has 0 atom stereocenters. The maximum absolute atomic E-state index is 5.99. The first-order valence-corrected chi connectivity index (χ1v) is 8.13. The monoisotopic (exact) mass is 461 g/mol. The molecule has 0 unspecified atom stereocenters. The fourth-order valence-electron chi connectivity index (χ4n) is 1.29. The molecular formula is C11H7BrCl2INS. The van der Waals surface area contributed by atoms with Crippen LogP contribution in [0.3, 0.4) is 0 Å². The van der Waals surface area contributed by atoms with Gasteiger partial charge in [-0.1, -0.05) is 23.2 Å². The fourth-order valence-corrected chi connectivity index (χ4v) is 4.09. The predicted molar refractivity (Wildman–Crippen MR) is 88.5 cm³/mol. The average Bonchev–Trinajstić information content (AvgIpc) is 2.57. The zero-order chi connectivity index (χ0) is 12.4. The van der Waals surface area contributed by atoms with Gasteiger partial charge >= 0.3 is 0 Å². The molecule has 0 aliphatic rings. The number of benzene rings is 1. The first-order valence-electron chi connectivity index (χ1n) is 4.69. The SMILES string of the molecule is Clc1ccc(NCc2cc(Br)c(Cl)s2)c(I)c1. The quantitative estimate of drug-likeness (QED) is 0.549. The highest BCUT2D eigenvalue weighted by atomic mass is 127. The Hall–Kier alpha value is 0.510. The summed E-state index contributed by atoms with van der Waals surface area (Å²) in [6, 6.07) is 7.82. The Bertz CT molecular complexity index is 525. The molecule has 2 aromatic rings. The zero-order valence-electron chi connectivity index (χ0n) is 8.44. The van der Waals surface area contributed by atoms with Crippen molar-refractivity contribution in [2.45, 2.75) is 6.54 Å². The van der Waals surface area contributed by atoms with Gasteiger partial charge < -0.3 is 5.32 Å². The van der Waals surface area contributed by atoms with Gasteiger partial charge in [-0.15, -0.1) is 11.3 Å². The third-order valence-electron chi connectivity index (χ3n) is 2.08. The van der Waals surface area contributed by atoms with E-state index in [1.54, 1.807) is 11.3 Å². The number of halogens is 4. The lowest BCUT2D eigenvalue weighted by molar-refractivity contribution is 1.19. The Labute approximate surface area is 136 Å². The van der Waals surface area contributed by atoms with E-state index in [1.165, 1.54) is 4.88 Å². The van der Waals surface area contributed by atoms with Crippen LogP contribution >= 0.6 is 73.1 Å². The highest BCUT2D eigenvalue weighted by Gasteiger charge is 2.05. The molecule has 0 saturated carbocycles. The molecule has 1 N–H and O–H groups in total. The minimum atomic E-state index is 0.752. The molecule has 1 aromatic heterocycles. The van der Waals surface area contributed by atoms with Crippen molar-refractivity contribution in [1.29, 1.82) is 0 Å². The van der Waals surface area contributed by atoms with Crippen LogP contribution in [-0.4, -0.2) is 0 Å². The van der Waals surface area contributed by atoms with Gasteiger partial charge in [0, 0.05) is 30.2 Å². The number of hydrogen-bond donors (Lipinski definition) is 1. The summed E-state index contributed by atoms with van der Waals surface area (Å²) in [5.74, 6) is 0. The highest BCUT2D eigenvalue weighted by Crippen LogP contribution is 2.32. The van der Waals surface area contributed by atoms with Gasteiger partial charge in [0.15, 0.2) is 0 Å². The molecule has 0 saturated heterocycles. The third-order valence-corrected chi connectivity index (χ3v) is 5.68. The van der Waals surface area contributed by atoms with Gasteiger partial charge in [-0.25, -0.2) is 0 Å². The summed E-state index contributed by atoms with van der Waals surface area (Å²) in [4.78, 5) is 1.19. The van der Waals surface area contributed by atoms with E-state index in [1.807, 2.05) is 24.3 Å². The van der Waals surface area contributed by atoms with Gasteiger partial charge in [0.25, 0.3) is 0 Å². The lowest BCUT2D eigenvalue weighted by Crippen LogP contribution is -1.98. The van der Waals surface area contributed by atoms with Crippen molar-refractivity contribution in [3.05, 3.63) is 46.5 Å². The topological polar surface area (TPSA) is 12.0 Å². The Kier molecular flexibility index (Phi) is 5.00. The maximum atomic E-state index is 5.99. The first-order chi connectivity index (χ1) is 8.06. The van der Waals surface area contributed by atoms with Crippen molar-refractivity contribution in [3.63, 3.8) is 0 Å². The number of rotatable bonds is 3. The molecule has 6 heteroatoms. The fraction of sp³-hybridized carbons (Fsp3) is 0.0909. The molecule has 0 spiro atoms. The first kappa shape index (κ1) is 13.9. The largest absolute Gasteiger partial charge is 0.379 e. The molecule has 0 aliphatic carbocycles. The molecule has 0 amide bonds. The van der Waals surface area contributed by atoms with E-state index < -0.39 is 0 Å². The minimum absolute atomic E-state index is 0.752. The summed E-state index contributed by atoms with van der Waals surface area (Å²) >= 11 is 19.1. The minimum Gasteiger partial charge on any atom is -0.379 e. The second-order valence-corrected chi connectivity index (χ2v) is 7.50. The highest BCUT2D eigenvalue weighted by molar-refractivity contribution is 14.1. The van der Waals surface area contributed by atoms with E-state index in [4.69, 9.17) is 23.2 Å². The van der Waals surface area contributed by atoms with Crippen molar-refractivity contribution in [2.24, 2.45) is 0 Å². The number of anilines is 1. The molecular weight excluding hydrogens is 456 g/mol. The summed E-state index contributed by atoms with van der Waals surface area (Å²) in [6.45, 7) is 0.758. The van der Waals surface area contributed by atoms with E-state index in [-0.39, 0.29) is 0 Å². The van der Waals surface area contributed by atoms with Crippen molar-refractivity contribution in [3.8, 4) is 0 Å². The smallest absolute Gasteiger partial charge is 0.107 e. The van der Waals surface area contributed by atoms with Crippen molar-refractivity contribution in [1.82, 2.24) is 0 Å². The van der Waals surface area contributed by atoms with Crippen LogP contribution in [-0.2, 0) is 6.54 Å². The molecule has 0 bridgehead atoms. The predicted octanol–water partition coefficient (Wildman–Crippen LogP) is 6.03. The molecule has 90 valence electrons.